The Balaban J connectivity index is 2.70. The monoisotopic (exact) mass is 220 g/mol. The number of para-hydroxylation sites is 1. The summed E-state index contributed by atoms with van der Waals surface area (Å²) in [5.74, 6) is 1.23. The molecule has 0 heterocycles. The van der Waals surface area contributed by atoms with Crippen LogP contribution in [0.1, 0.15) is 51.2 Å². The molecule has 0 amide bonds. The van der Waals surface area contributed by atoms with Gasteiger partial charge in [0, 0.05) is 0 Å². The van der Waals surface area contributed by atoms with E-state index in [1.54, 1.807) is 0 Å². The molecule has 0 radical (unpaired) electrons. The molecule has 1 heteroatoms. The fourth-order valence-electron chi connectivity index (χ4n) is 1.86. The van der Waals surface area contributed by atoms with E-state index in [0.29, 0.717) is 11.7 Å². The second kappa shape index (κ2) is 6.57. The third-order valence-electron chi connectivity index (χ3n) is 2.99. The predicted molar refractivity (Wildman–Crippen MR) is 69.9 cm³/mol. The predicted octanol–water partition coefficient (Wildman–Crippen LogP) is 4.32. The molecule has 90 valence electrons. The van der Waals surface area contributed by atoms with Crippen LogP contribution in [-0.4, -0.2) is 5.11 Å². The molecule has 0 aliphatic carbocycles. The van der Waals surface area contributed by atoms with Gasteiger partial charge in [-0.3, -0.25) is 0 Å². The molecule has 0 fully saturated rings. The van der Waals surface area contributed by atoms with Gasteiger partial charge >= 0.3 is 0 Å². The molecule has 1 N–H and O–H groups in total. The van der Waals surface area contributed by atoms with E-state index in [4.69, 9.17) is 0 Å². The first-order valence-electron chi connectivity index (χ1n) is 6.44. The molecule has 0 atom stereocenters. The molecular weight excluding hydrogens is 196 g/mol. The van der Waals surface area contributed by atoms with Crippen molar-refractivity contribution in [2.45, 2.75) is 52.9 Å². The van der Waals surface area contributed by atoms with Gasteiger partial charge in [0.25, 0.3) is 0 Å². The quantitative estimate of drug-likeness (QED) is 0.756. The summed E-state index contributed by atoms with van der Waals surface area (Å²) in [7, 11) is 0. The van der Waals surface area contributed by atoms with E-state index in [0.717, 1.165) is 36.8 Å². The minimum atomic E-state index is 0.539. The van der Waals surface area contributed by atoms with Crippen molar-refractivity contribution in [1.29, 1.82) is 0 Å². The van der Waals surface area contributed by atoms with Crippen molar-refractivity contribution in [1.82, 2.24) is 0 Å². The molecule has 0 aromatic heterocycles. The van der Waals surface area contributed by atoms with Gasteiger partial charge in [-0.1, -0.05) is 45.4 Å². The maximum atomic E-state index is 10.1. The van der Waals surface area contributed by atoms with Crippen LogP contribution in [0.3, 0.4) is 0 Å². The molecule has 0 saturated heterocycles. The topological polar surface area (TPSA) is 20.2 Å². The van der Waals surface area contributed by atoms with Crippen LogP contribution in [0.4, 0.5) is 0 Å². The number of hydrogen-bond donors (Lipinski definition) is 1. The fourth-order valence-corrected chi connectivity index (χ4v) is 1.86. The van der Waals surface area contributed by atoms with Gasteiger partial charge in [0.2, 0.25) is 0 Å². The van der Waals surface area contributed by atoms with Crippen molar-refractivity contribution >= 4 is 0 Å². The van der Waals surface area contributed by atoms with Crippen LogP contribution in [-0.2, 0) is 12.8 Å². The highest BCUT2D eigenvalue weighted by atomic mass is 16.3. The van der Waals surface area contributed by atoms with Crippen LogP contribution in [0.25, 0.3) is 0 Å². The summed E-state index contributed by atoms with van der Waals surface area (Å²) in [6.45, 7) is 6.62. The summed E-state index contributed by atoms with van der Waals surface area (Å²) >= 11 is 0. The van der Waals surface area contributed by atoms with Crippen molar-refractivity contribution < 1.29 is 5.11 Å². The van der Waals surface area contributed by atoms with Gasteiger partial charge in [0.1, 0.15) is 5.75 Å². The molecule has 1 rings (SSSR count). The summed E-state index contributed by atoms with van der Waals surface area (Å²) in [6, 6.07) is 6.16. The normalized spacial score (nSPS) is 11.0. The van der Waals surface area contributed by atoms with E-state index in [2.05, 4.69) is 26.8 Å². The average Bonchev–Trinajstić information content (AvgIpc) is 2.26. The standard InChI is InChI=1S/C15H24O/c1-4-5-7-13-8-6-9-14(15(13)16)11-10-12(2)3/h6,8-9,12,16H,4-5,7,10-11H2,1-3H3. The molecule has 0 aliphatic rings. The Kier molecular flexibility index (Phi) is 5.37. The Labute approximate surface area is 99.5 Å². The number of rotatable bonds is 6. The van der Waals surface area contributed by atoms with Gasteiger partial charge in [0.05, 0.1) is 0 Å². The largest absolute Gasteiger partial charge is 0.507 e. The van der Waals surface area contributed by atoms with Crippen LogP contribution in [0, 0.1) is 5.92 Å². The highest BCUT2D eigenvalue weighted by molar-refractivity contribution is 5.40. The second-order valence-corrected chi connectivity index (χ2v) is 4.96. The Bertz CT molecular complexity index is 315. The van der Waals surface area contributed by atoms with E-state index < -0.39 is 0 Å². The first-order chi connectivity index (χ1) is 7.65. The number of aryl methyl sites for hydroxylation is 2. The summed E-state index contributed by atoms with van der Waals surface area (Å²) in [4.78, 5) is 0. The number of hydrogen-bond acceptors (Lipinski definition) is 1. The highest BCUT2D eigenvalue weighted by Gasteiger charge is 2.07. The smallest absolute Gasteiger partial charge is 0.121 e. The zero-order valence-corrected chi connectivity index (χ0v) is 10.8. The lowest BCUT2D eigenvalue weighted by atomic mass is 9.98. The number of aromatic hydroxyl groups is 1. The van der Waals surface area contributed by atoms with Crippen LogP contribution in [0.2, 0.25) is 0 Å². The zero-order chi connectivity index (χ0) is 12.0. The maximum Gasteiger partial charge on any atom is 0.121 e. The van der Waals surface area contributed by atoms with Gasteiger partial charge in [0.15, 0.2) is 0 Å². The van der Waals surface area contributed by atoms with Gasteiger partial charge < -0.3 is 5.11 Å². The van der Waals surface area contributed by atoms with Gasteiger partial charge in [-0.2, -0.15) is 0 Å². The summed E-state index contributed by atoms with van der Waals surface area (Å²) in [5, 5.41) is 10.1. The molecule has 1 aromatic carbocycles. The first kappa shape index (κ1) is 13.1. The lowest BCUT2D eigenvalue weighted by Crippen LogP contribution is -1.95. The number of benzene rings is 1. The van der Waals surface area contributed by atoms with Crippen LogP contribution >= 0.6 is 0 Å². The molecule has 0 bridgehead atoms. The average molecular weight is 220 g/mol. The lowest BCUT2D eigenvalue weighted by molar-refractivity contribution is 0.455. The number of phenolic OH excluding ortho intramolecular Hbond substituents is 1. The summed E-state index contributed by atoms with van der Waals surface area (Å²) in [5.41, 5.74) is 2.23. The third kappa shape index (κ3) is 3.88. The Morgan fingerprint density at radius 1 is 1.12 bits per heavy atom. The minimum Gasteiger partial charge on any atom is -0.507 e. The van der Waals surface area contributed by atoms with E-state index in [1.165, 1.54) is 6.42 Å². The Morgan fingerprint density at radius 2 is 1.75 bits per heavy atom. The summed E-state index contributed by atoms with van der Waals surface area (Å²) in [6.07, 6.45) is 5.46. The van der Waals surface area contributed by atoms with Crippen LogP contribution in [0.15, 0.2) is 18.2 Å². The van der Waals surface area contributed by atoms with E-state index >= 15 is 0 Å². The zero-order valence-electron chi connectivity index (χ0n) is 10.8. The van der Waals surface area contributed by atoms with Crippen molar-refractivity contribution in [3.63, 3.8) is 0 Å². The maximum absolute atomic E-state index is 10.1. The van der Waals surface area contributed by atoms with Crippen molar-refractivity contribution in [3.8, 4) is 5.75 Å². The van der Waals surface area contributed by atoms with E-state index in [1.807, 2.05) is 12.1 Å². The van der Waals surface area contributed by atoms with Crippen LogP contribution < -0.4 is 0 Å². The van der Waals surface area contributed by atoms with Crippen molar-refractivity contribution in [2.24, 2.45) is 5.92 Å². The molecular formula is C15H24O. The van der Waals surface area contributed by atoms with Gasteiger partial charge in [-0.05, 0) is 42.7 Å². The summed E-state index contributed by atoms with van der Waals surface area (Å²) < 4.78 is 0. The Hall–Kier alpha value is -0.980. The number of unbranched alkanes of at least 4 members (excludes halogenated alkanes) is 1. The molecule has 16 heavy (non-hydrogen) atoms. The molecule has 1 aromatic rings. The SMILES string of the molecule is CCCCc1cccc(CCC(C)C)c1O. The first-order valence-corrected chi connectivity index (χ1v) is 6.44. The molecule has 0 saturated carbocycles. The van der Waals surface area contributed by atoms with E-state index in [-0.39, 0.29) is 0 Å². The van der Waals surface area contributed by atoms with Gasteiger partial charge in [-0.15, -0.1) is 0 Å². The molecule has 0 aliphatic heterocycles. The van der Waals surface area contributed by atoms with Crippen molar-refractivity contribution in [3.05, 3.63) is 29.3 Å². The second-order valence-electron chi connectivity index (χ2n) is 4.96. The van der Waals surface area contributed by atoms with E-state index in [9.17, 15) is 5.11 Å². The van der Waals surface area contributed by atoms with Crippen molar-refractivity contribution in [2.75, 3.05) is 0 Å². The Morgan fingerprint density at radius 3 is 2.31 bits per heavy atom. The minimum absolute atomic E-state index is 0.539. The number of phenols is 1. The molecule has 0 spiro atoms. The third-order valence-corrected chi connectivity index (χ3v) is 2.99. The fraction of sp³-hybridized carbons (Fsp3) is 0.600. The molecule has 1 nitrogen and oxygen atoms in total. The molecule has 0 unspecified atom stereocenters. The van der Waals surface area contributed by atoms with Gasteiger partial charge in [-0.25, -0.2) is 0 Å². The van der Waals surface area contributed by atoms with Crippen LogP contribution in [0.5, 0.6) is 5.75 Å². The highest BCUT2D eigenvalue weighted by Crippen LogP contribution is 2.26. The lowest BCUT2D eigenvalue weighted by Gasteiger charge is -2.10.